The molecule has 2 N–H and O–H groups in total. The number of benzene rings is 1. The molecule has 7 nitrogen and oxygen atoms in total. The highest BCUT2D eigenvalue weighted by molar-refractivity contribution is 5.75. The van der Waals surface area contributed by atoms with Crippen molar-refractivity contribution in [2.75, 3.05) is 18.9 Å². The van der Waals surface area contributed by atoms with Gasteiger partial charge in [0.1, 0.15) is 5.82 Å². The minimum atomic E-state index is 0.277. The molecule has 5 rings (SSSR count). The van der Waals surface area contributed by atoms with Crippen LogP contribution in [0.2, 0.25) is 0 Å². The average molecular weight is 387 g/mol. The zero-order valence-corrected chi connectivity index (χ0v) is 15.9. The Morgan fingerprint density at radius 3 is 2.72 bits per heavy atom. The molecule has 0 aliphatic carbocycles. The van der Waals surface area contributed by atoms with E-state index in [9.17, 15) is 0 Å². The molecule has 1 fully saturated rings. The maximum absolute atomic E-state index is 6.12. The van der Waals surface area contributed by atoms with E-state index < -0.39 is 0 Å². The Labute approximate surface area is 168 Å². The number of nitrogens with two attached hydrogens (primary N) is 1. The number of nitrogens with zero attached hydrogens (tertiary/aromatic N) is 4. The van der Waals surface area contributed by atoms with Crippen LogP contribution in [0.1, 0.15) is 18.9 Å². The van der Waals surface area contributed by atoms with Crippen molar-refractivity contribution in [2.45, 2.75) is 18.9 Å². The van der Waals surface area contributed by atoms with Gasteiger partial charge in [-0.2, -0.15) is 5.10 Å². The van der Waals surface area contributed by atoms with Crippen LogP contribution in [0.3, 0.4) is 0 Å². The van der Waals surface area contributed by atoms with Gasteiger partial charge >= 0.3 is 0 Å². The van der Waals surface area contributed by atoms with Crippen LogP contribution in [-0.2, 0) is 4.74 Å². The van der Waals surface area contributed by atoms with Crippen LogP contribution in [-0.4, -0.2) is 33.0 Å². The van der Waals surface area contributed by atoms with Crippen molar-refractivity contribution in [3.8, 4) is 33.9 Å². The maximum atomic E-state index is 6.12. The SMILES string of the molecule is Nc1ncc(-c2cnn(C3CCCOC3)c2)cc1-c1ncc(-c2ccccc2)o1. The molecular formula is C22H21N5O2. The molecule has 1 atom stereocenters. The second-order valence-corrected chi connectivity index (χ2v) is 7.13. The lowest BCUT2D eigenvalue weighted by Crippen LogP contribution is -2.21. The molecule has 0 spiro atoms. The Hall–Kier alpha value is -3.45. The van der Waals surface area contributed by atoms with Gasteiger partial charge in [-0.25, -0.2) is 9.97 Å². The Morgan fingerprint density at radius 1 is 1.00 bits per heavy atom. The highest BCUT2D eigenvalue weighted by atomic mass is 16.5. The number of hydrogen-bond donors (Lipinski definition) is 1. The summed E-state index contributed by atoms with van der Waals surface area (Å²) in [4.78, 5) is 8.76. The van der Waals surface area contributed by atoms with E-state index in [-0.39, 0.29) is 6.04 Å². The van der Waals surface area contributed by atoms with Gasteiger partial charge in [0.2, 0.25) is 5.89 Å². The van der Waals surface area contributed by atoms with Crippen LogP contribution in [0, 0.1) is 0 Å². The van der Waals surface area contributed by atoms with Crippen LogP contribution < -0.4 is 5.73 Å². The largest absolute Gasteiger partial charge is 0.436 e. The van der Waals surface area contributed by atoms with Gasteiger partial charge in [0.05, 0.1) is 30.6 Å². The molecule has 146 valence electrons. The molecule has 7 heteroatoms. The smallest absolute Gasteiger partial charge is 0.230 e. The molecule has 0 saturated carbocycles. The molecule has 0 amide bonds. The van der Waals surface area contributed by atoms with Gasteiger partial charge in [-0.1, -0.05) is 30.3 Å². The van der Waals surface area contributed by atoms with E-state index >= 15 is 0 Å². The highest BCUT2D eigenvalue weighted by Gasteiger charge is 2.18. The van der Waals surface area contributed by atoms with Crippen molar-refractivity contribution in [3.05, 3.63) is 61.2 Å². The van der Waals surface area contributed by atoms with Gasteiger partial charge in [0.15, 0.2) is 5.76 Å². The normalized spacial score (nSPS) is 16.8. The van der Waals surface area contributed by atoms with Crippen LogP contribution in [0.4, 0.5) is 5.82 Å². The van der Waals surface area contributed by atoms with Crippen molar-refractivity contribution < 1.29 is 9.15 Å². The first-order valence-electron chi connectivity index (χ1n) is 9.67. The van der Waals surface area contributed by atoms with Crippen LogP contribution >= 0.6 is 0 Å². The fourth-order valence-electron chi connectivity index (χ4n) is 3.56. The lowest BCUT2D eigenvalue weighted by atomic mass is 10.1. The summed E-state index contributed by atoms with van der Waals surface area (Å²) in [5.74, 6) is 1.52. The zero-order valence-electron chi connectivity index (χ0n) is 15.9. The Balaban J connectivity index is 1.45. The molecule has 0 bridgehead atoms. The average Bonchev–Trinajstić information content (AvgIpc) is 3.46. The van der Waals surface area contributed by atoms with Gasteiger partial charge in [-0.15, -0.1) is 0 Å². The molecule has 1 aliphatic rings. The molecule has 4 heterocycles. The molecular weight excluding hydrogens is 366 g/mol. The monoisotopic (exact) mass is 387 g/mol. The summed E-state index contributed by atoms with van der Waals surface area (Å²) in [6.45, 7) is 1.53. The van der Waals surface area contributed by atoms with E-state index in [1.165, 1.54) is 0 Å². The topological polar surface area (TPSA) is 92.0 Å². The molecule has 1 unspecified atom stereocenters. The number of pyridine rings is 1. The van der Waals surface area contributed by atoms with Crippen LogP contribution in [0.15, 0.2) is 65.6 Å². The second kappa shape index (κ2) is 7.52. The summed E-state index contributed by atoms with van der Waals surface area (Å²) < 4.78 is 13.5. The molecule has 0 radical (unpaired) electrons. The zero-order chi connectivity index (χ0) is 19.6. The molecule has 29 heavy (non-hydrogen) atoms. The van der Waals surface area contributed by atoms with Crippen molar-refractivity contribution in [1.82, 2.24) is 19.7 Å². The number of anilines is 1. The standard InChI is InChI=1S/C22H21N5O2/c23-21-19(22-25-12-20(29-22)15-5-2-1-3-6-15)9-16(10-24-21)17-11-26-27(13-17)18-7-4-8-28-14-18/h1-3,5-6,9-13,18H,4,7-8,14H2,(H2,23,24). The van der Waals surface area contributed by atoms with E-state index in [1.807, 2.05) is 53.5 Å². The predicted molar refractivity (Wildman–Crippen MR) is 110 cm³/mol. The number of nitrogen functional groups attached to an aromatic ring is 1. The van der Waals surface area contributed by atoms with Gasteiger partial charge < -0.3 is 14.9 Å². The number of hydrogen-bond acceptors (Lipinski definition) is 6. The lowest BCUT2D eigenvalue weighted by molar-refractivity contribution is 0.0549. The van der Waals surface area contributed by atoms with Gasteiger partial charge in [-0.3, -0.25) is 4.68 Å². The summed E-state index contributed by atoms with van der Waals surface area (Å²) in [7, 11) is 0. The van der Waals surface area contributed by atoms with Crippen LogP contribution in [0.25, 0.3) is 33.9 Å². The Kier molecular flexibility index (Phi) is 4.57. The Morgan fingerprint density at radius 2 is 1.90 bits per heavy atom. The summed E-state index contributed by atoms with van der Waals surface area (Å²) >= 11 is 0. The van der Waals surface area contributed by atoms with Gasteiger partial charge in [-0.05, 0) is 18.9 Å². The number of ether oxygens (including phenoxy) is 1. The molecule has 1 aromatic carbocycles. The number of aromatic nitrogens is 4. The summed E-state index contributed by atoms with van der Waals surface area (Å²) in [5, 5.41) is 4.52. The predicted octanol–water partition coefficient (Wildman–Crippen LogP) is 4.20. The summed E-state index contributed by atoms with van der Waals surface area (Å²) in [6, 6.07) is 12.1. The summed E-state index contributed by atoms with van der Waals surface area (Å²) in [5.41, 5.74) is 9.63. The molecule has 4 aromatic rings. The fourth-order valence-corrected chi connectivity index (χ4v) is 3.56. The summed E-state index contributed by atoms with van der Waals surface area (Å²) in [6.07, 6.45) is 9.46. The fraction of sp³-hybridized carbons (Fsp3) is 0.227. The molecule has 3 aromatic heterocycles. The molecule has 1 saturated heterocycles. The lowest BCUT2D eigenvalue weighted by Gasteiger charge is -2.22. The van der Waals surface area contributed by atoms with Gasteiger partial charge in [0.25, 0.3) is 0 Å². The minimum absolute atomic E-state index is 0.277. The first-order chi connectivity index (χ1) is 14.3. The Bertz CT molecular complexity index is 1110. The van der Waals surface area contributed by atoms with E-state index in [0.717, 1.165) is 36.1 Å². The maximum Gasteiger partial charge on any atom is 0.230 e. The number of oxazole rings is 1. The van der Waals surface area contributed by atoms with Gasteiger partial charge in [0, 0.05) is 35.7 Å². The first kappa shape index (κ1) is 17.6. The number of rotatable bonds is 4. The van der Waals surface area contributed by atoms with E-state index in [0.29, 0.717) is 29.6 Å². The van der Waals surface area contributed by atoms with Crippen molar-refractivity contribution in [2.24, 2.45) is 0 Å². The third-order valence-corrected chi connectivity index (χ3v) is 5.16. The highest BCUT2D eigenvalue weighted by Crippen LogP contribution is 2.32. The van der Waals surface area contributed by atoms with Crippen molar-refractivity contribution in [1.29, 1.82) is 0 Å². The molecule has 1 aliphatic heterocycles. The third kappa shape index (κ3) is 3.52. The van der Waals surface area contributed by atoms with E-state index in [4.69, 9.17) is 14.9 Å². The van der Waals surface area contributed by atoms with Crippen molar-refractivity contribution >= 4 is 5.82 Å². The van der Waals surface area contributed by atoms with E-state index in [1.54, 1.807) is 12.4 Å². The first-order valence-corrected chi connectivity index (χ1v) is 9.67. The second-order valence-electron chi connectivity index (χ2n) is 7.13. The minimum Gasteiger partial charge on any atom is -0.436 e. The van der Waals surface area contributed by atoms with Crippen LogP contribution in [0.5, 0.6) is 0 Å². The third-order valence-electron chi connectivity index (χ3n) is 5.16. The van der Waals surface area contributed by atoms with Crippen molar-refractivity contribution in [3.63, 3.8) is 0 Å². The quantitative estimate of drug-likeness (QED) is 0.564. The van der Waals surface area contributed by atoms with E-state index in [2.05, 4.69) is 15.1 Å².